The SMILES string of the molecule is CCCCCCCCCCC(C)C(C)(C)Cl.P. The minimum Gasteiger partial charge on any atom is -0.153 e. The molecule has 106 valence electrons. The lowest BCUT2D eigenvalue weighted by Crippen LogP contribution is -2.21. The van der Waals surface area contributed by atoms with Crippen molar-refractivity contribution in [3.8, 4) is 0 Å². The third-order valence-electron chi connectivity index (χ3n) is 3.66. The molecule has 0 bridgehead atoms. The molecule has 0 nitrogen and oxygen atoms in total. The zero-order valence-electron chi connectivity index (χ0n) is 12.5. The number of rotatable bonds is 10. The second-order valence-corrected chi connectivity index (χ2v) is 6.70. The molecular formula is C15H34ClP. The zero-order valence-corrected chi connectivity index (χ0v) is 14.7. The van der Waals surface area contributed by atoms with E-state index in [0.717, 1.165) is 0 Å². The Morgan fingerprint density at radius 2 is 1.29 bits per heavy atom. The summed E-state index contributed by atoms with van der Waals surface area (Å²) in [5.41, 5.74) is 0. The van der Waals surface area contributed by atoms with E-state index in [0.29, 0.717) is 5.92 Å². The predicted octanol–water partition coefficient (Wildman–Crippen LogP) is 6.23. The van der Waals surface area contributed by atoms with Crippen molar-refractivity contribution in [3.63, 3.8) is 0 Å². The van der Waals surface area contributed by atoms with Crippen LogP contribution in [0.3, 0.4) is 0 Å². The van der Waals surface area contributed by atoms with E-state index < -0.39 is 0 Å². The minimum absolute atomic E-state index is 0. The second-order valence-electron chi connectivity index (χ2n) is 5.73. The van der Waals surface area contributed by atoms with Crippen molar-refractivity contribution in [1.29, 1.82) is 0 Å². The quantitative estimate of drug-likeness (QED) is 0.253. The van der Waals surface area contributed by atoms with Crippen LogP contribution in [0.25, 0.3) is 0 Å². The summed E-state index contributed by atoms with van der Waals surface area (Å²) in [4.78, 5) is -0.0267. The molecule has 0 spiro atoms. The van der Waals surface area contributed by atoms with Crippen molar-refractivity contribution >= 4 is 21.5 Å². The van der Waals surface area contributed by atoms with Gasteiger partial charge in [-0.3, -0.25) is 0 Å². The van der Waals surface area contributed by atoms with E-state index in [1.807, 2.05) is 0 Å². The number of hydrogen-bond donors (Lipinski definition) is 0. The highest BCUT2D eigenvalue weighted by molar-refractivity contribution is 6.92. The molecule has 2 heteroatoms. The Morgan fingerprint density at radius 3 is 1.71 bits per heavy atom. The van der Waals surface area contributed by atoms with Crippen LogP contribution >= 0.6 is 21.5 Å². The first-order valence-corrected chi connectivity index (χ1v) is 7.55. The van der Waals surface area contributed by atoms with Gasteiger partial charge in [-0.15, -0.1) is 11.6 Å². The molecule has 0 saturated heterocycles. The molecule has 0 saturated carbocycles. The standard InChI is InChI=1S/C15H31Cl.H3P/c1-5-6-7-8-9-10-11-12-13-14(2)15(3,4)16;/h14H,5-13H2,1-4H3;1H3. The fraction of sp³-hybridized carbons (Fsp3) is 1.00. The van der Waals surface area contributed by atoms with Crippen LogP contribution in [-0.2, 0) is 0 Å². The maximum atomic E-state index is 6.28. The molecular weight excluding hydrogens is 247 g/mol. The molecule has 0 radical (unpaired) electrons. The van der Waals surface area contributed by atoms with Crippen LogP contribution in [0.5, 0.6) is 0 Å². The van der Waals surface area contributed by atoms with Crippen molar-refractivity contribution in [3.05, 3.63) is 0 Å². The average molecular weight is 281 g/mol. The van der Waals surface area contributed by atoms with Gasteiger partial charge in [0.2, 0.25) is 0 Å². The highest BCUT2D eigenvalue weighted by atomic mass is 35.5. The average Bonchev–Trinajstić information content (AvgIpc) is 2.20. The fourth-order valence-corrected chi connectivity index (χ4v) is 2.04. The minimum atomic E-state index is -0.0267. The normalized spacial score (nSPS) is 13.2. The van der Waals surface area contributed by atoms with E-state index in [1.54, 1.807) is 0 Å². The maximum Gasteiger partial charge on any atom is 0.0416 e. The van der Waals surface area contributed by atoms with Gasteiger partial charge in [-0.05, 0) is 26.2 Å². The van der Waals surface area contributed by atoms with Gasteiger partial charge in [0.05, 0.1) is 0 Å². The largest absolute Gasteiger partial charge is 0.153 e. The lowest BCUT2D eigenvalue weighted by molar-refractivity contribution is 0.400. The van der Waals surface area contributed by atoms with Crippen LogP contribution in [0, 0.1) is 5.92 Å². The molecule has 0 fully saturated rings. The van der Waals surface area contributed by atoms with Crippen molar-refractivity contribution in [2.24, 2.45) is 5.92 Å². The van der Waals surface area contributed by atoms with Gasteiger partial charge in [0.15, 0.2) is 0 Å². The molecule has 0 N–H and O–H groups in total. The number of alkyl halides is 1. The summed E-state index contributed by atoms with van der Waals surface area (Å²) in [5, 5.41) is 0. The first-order chi connectivity index (χ1) is 7.48. The van der Waals surface area contributed by atoms with Crippen LogP contribution in [0.15, 0.2) is 0 Å². The van der Waals surface area contributed by atoms with Crippen LogP contribution < -0.4 is 0 Å². The van der Waals surface area contributed by atoms with E-state index in [9.17, 15) is 0 Å². The molecule has 0 aromatic rings. The van der Waals surface area contributed by atoms with Crippen LogP contribution in [0.4, 0.5) is 0 Å². The van der Waals surface area contributed by atoms with Gasteiger partial charge in [0.1, 0.15) is 0 Å². The molecule has 0 rings (SSSR count). The molecule has 0 aliphatic carbocycles. The lowest BCUT2D eigenvalue weighted by atomic mass is 9.91. The molecule has 0 aliphatic heterocycles. The van der Waals surface area contributed by atoms with Crippen molar-refractivity contribution in [2.75, 3.05) is 0 Å². The fourth-order valence-electron chi connectivity index (χ4n) is 1.93. The van der Waals surface area contributed by atoms with E-state index in [-0.39, 0.29) is 14.8 Å². The molecule has 0 aromatic carbocycles. The van der Waals surface area contributed by atoms with Gasteiger partial charge in [-0.25, -0.2) is 0 Å². The van der Waals surface area contributed by atoms with Gasteiger partial charge in [-0.1, -0.05) is 65.2 Å². The number of unbranched alkanes of at least 4 members (excludes halogenated alkanes) is 7. The van der Waals surface area contributed by atoms with Crippen molar-refractivity contribution < 1.29 is 0 Å². The van der Waals surface area contributed by atoms with Crippen LogP contribution in [0.1, 0.15) is 85.5 Å². The van der Waals surface area contributed by atoms with Gasteiger partial charge in [0.25, 0.3) is 0 Å². The first kappa shape index (κ1) is 20.0. The van der Waals surface area contributed by atoms with Gasteiger partial charge in [0, 0.05) is 4.87 Å². The zero-order chi connectivity index (χ0) is 12.4. The Kier molecular flexibility index (Phi) is 13.9. The summed E-state index contributed by atoms with van der Waals surface area (Å²) in [6.07, 6.45) is 12.5. The highest BCUT2D eigenvalue weighted by Crippen LogP contribution is 2.28. The Labute approximate surface area is 118 Å². The maximum absolute atomic E-state index is 6.28. The smallest absolute Gasteiger partial charge is 0.0416 e. The third-order valence-corrected chi connectivity index (χ3v) is 4.04. The third kappa shape index (κ3) is 13.0. The monoisotopic (exact) mass is 280 g/mol. The Hall–Kier alpha value is 0.720. The van der Waals surface area contributed by atoms with Crippen molar-refractivity contribution in [2.45, 2.75) is 90.4 Å². The van der Waals surface area contributed by atoms with E-state index in [4.69, 9.17) is 11.6 Å². The molecule has 0 heterocycles. The van der Waals surface area contributed by atoms with E-state index in [1.165, 1.54) is 57.8 Å². The lowest BCUT2D eigenvalue weighted by Gasteiger charge is -2.24. The summed E-state index contributed by atoms with van der Waals surface area (Å²) in [5.74, 6) is 0.634. The topological polar surface area (TPSA) is 0 Å². The molecule has 17 heavy (non-hydrogen) atoms. The highest BCUT2D eigenvalue weighted by Gasteiger charge is 2.21. The van der Waals surface area contributed by atoms with Crippen LogP contribution in [0.2, 0.25) is 0 Å². The number of hydrogen-bond acceptors (Lipinski definition) is 0. The predicted molar refractivity (Wildman–Crippen MR) is 87.4 cm³/mol. The van der Waals surface area contributed by atoms with Gasteiger partial charge < -0.3 is 0 Å². The molecule has 0 amide bonds. The molecule has 0 aromatic heterocycles. The van der Waals surface area contributed by atoms with Gasteiger partial charge in [-0.2, -0.15) is 9.90 Å². The van der Waals surface area contributed by atoms with E-state index in [2.05, 4.69) is 27.7 Å². The summed E-state index contributed by atoms with van der Waals surface area (Å²) < 4.78 is 0. The summed E-state index contributed by atoms with van der Waals surface area (Å²) in [6.45, 7) is 8.80. The van der Waals surface area contributed by atoms with Crippen molar-refractivity contribution in [1.82, 2.24) is 0 Å². The summed E-state index contributed by atoms with van der Waals surface area (Å²) in [7, 11) is 0. The Bertz CT molecular complexity index is 151. The first-order valence-electron chi connectivity index (χ1n) is 7.17. The Balaban J connectivity index is 0. The molecule has 0 aliphatic rings. The number of halogens is 1. The molecule has 2 atom stereocenters. The van der Waals surface area contributed by atoms with Crippen LogP contribution in [-0.4, -0.2) is 4.87 Å². The molecule has 2 unspecified atom stereocenters. The summed E-state index contributed by atoms with van der Waals surface area (Å²) in [6, 6.07) is 0. The second kappa shape index (κ2) is 11.8. The van der Waals surface area contributed by atoms with E-state index >= 15 is 0 Å². The Morgan fingerprint density at radius 1 is 0.882 bits per heavy atom. The van der Waals surface area contributed by atoms with Gasteiger partial charge >= 0.3 is 0 Å². The summed E-state index contributed by atoms with van der Waals surface area (Å²) >= 11 is 6.28.